The van der Waals surface area contributed by atoms with Gasteiger partial charge >= 0.3 is 0 Å². The van der Waals surface area contributed by atoms with Gasteiger partial charge in [0.05, 0.1) is 5.69 Å². The van der Waals surface area contributed by atoms with Gasteiger partial charge in [-0.3, -0.25) is 0 Å². The molecule has 1 fully saturated rings. The molecule has 2 N–H and O–H groups in total. The summed E-state index contributed by atoms with van der Waals surface area (Å²) in [6.45, 7) is 6.41. The molecule has 1 saturated heterocycles. The first-order valence-electron chi connectivity index (χ1n) is 8.32. The maximum atomic E-state index is 9.17. The molecule has 1 aliphatic heterocycles. The van der Waals surface area contributed by atoms with E-state index >= 15 is 0 Å². The zero-order valence-electron chi connectivity index (χ0n) is 13.8. The Morgan fingerprint density at radius 3 is 3.00 bits per heavy atom. The van der Waals surface area contributed by atoms with Crippen molar-refractivity contribution in [2.45, 2.75) is 39.2 Å². The molecule has 23 heavy (non-hydrogen) atoms. The Bertz CT molecular complexity index is 726. The number of pyridine rings is 2. The molecule has 0 saturated carbocycles. The molecule has 0 aliphatic carbocycles. The van der Waals surface area contributed by atoms with E-state index in [-0.39, 0.29) is 0 Å². The number of nitrogens with one attached hydrogen (secondary N) is 2. The van der Waals surface area contributed by atoms with E-state index in [0.717, 1.165) is 48.2 Å². The molecule has 0 bridgehead atoms. The van der Waals surface area contributed by atoms with Crippen LogP contribution in [-0.2, 0) is 6.42 Å². The van der Waals surface area contributed by atoms with Gasteiger partial charge in [0.25, 0.3) is 0 Å². The van der Waals surface area contributed by atoms with Crippen LogP contribution >= 0.6 is 0 Å². The average Bonchev–Trinajstić information content (AvgIpc) is 2.55. The van der Waals surface area contributed by atoms with Crippen molar-refractivity contribution in [1.29, 1.82) is 5.26 Å². The van der Waals surface area contributed by atoms with Gasteiger partial charge in [0.15, 0.2) is 0 Å². The number of hydrogen-bond donors (Lipinski definition) is 2. The van der Waals surface area contributed by atoms with E-state index in [1.807, 2.05) is 12.3 Å². The predicted molar refractivity (Wildman–Crippen MR) is 92.3 cm³/mol. The minimum atomic E-state index is 0.425. The number of piperidine rings is 1. The molecular weight excluding hydrogens is 286 g/mol. The fourth-order valence-electron chi connectivity index (χ4n) is 3.08. The SMILES string of the molecule is CC(C)Cc1nc(C#N)cc2cnc(NC3CCCNC3)cc12. The second kappa shape index (κ2) is 6.93. The highest BCUT2D eigenvalue weighted by atomic mass is 15.1. The van der Waals surface area contributed by atoms with Crippen LogP contribution in [0.5, 0.6) is 0 Å². The molecule has 0 radical (unpaired) electrons. The van der Waals surface area contributed by atoms with Crippen molar-refractivity contribution < 1.29 is 0 Å². The lowest BCUT2D eigenvalue weighted by Gasteiger charge is -2.24. The highest BCUT2D eigenvalue weighted by molar-refractivity contribution is 5.86. The lowest BCUT2D eigenvalue weighted by atomic mass is 10.0. The molecule has 0 spiro atoms. The van der Waals surface area contributed by atoms with E-state index in [4.69, 9.17) is 0 Å². The molecule has 3 rings (SSSR count). The summed E-state index contributed by atoms with van der Waals surface area (Å²) in [6, 6.07) is 6.47. The first-order chi connectivity index (χ1) is 11.2. The van der Waals surface area contributed by atoms with Crippen molar-refractivity contribution >= 4 is 16.6 Å². The van der Waals surface area contributed by atoms with Crippen LogP contribution in [0.3, 0.4) is 0 Å². The van der Waals surface area contributed by atoms with Gasteiger partial charge in [-0.2, -0.15) is 5.26 Å². The van der Waals surface area contributed by atoms with Crippen molar-refractivity contribution in [3.63, 3.8) is 0 Å². The first-order valence-corrected chi connectivity index (χ1v) is 8.32. The van der Waals surface area contributed by atoms with Gasteiger partial charge in [-0.25, -0.2) is 9.97 Å². The number of aromatic nitrogens is 2. The molecule has 2 aromatic heterocycles. The van der Waals surface area contributed by atoms with Gasteiger partial charge < -0.3 is 10.6 Å². The predicted octanol–water partition coefficient (Wildman–Crippen LogP) is 2.86. The highest BCUT2D eigenvalue weighted by Gasteiger charge is 2.14. The third-order valence-corrected chi connectivity index (χ3v) is 4.16. The van der Waals surface area contributed by atoms with Crippen molar-refractivity contribution in [2.24, 2.45) is 5.92 Å². The van der Waals surface area contributed by atoms with E-state index in [0.29, 0.717) is 17.7 Å². The second-order valence-electron chi connectivity index (χ2n) is 6.64. The summed E-state index contributed by atoms with van der Waals surface area (Å²) >= 11 is 0. The minimum Gasteiger partial charge on any atom is -0.366 e. The molecule has 5 heteroatoms. The Labute approximate surface area is 137 Å². The van der Waals surface area contributed by atoms with Crippen LogP contribution in [0.15, 0.2) is 18.3 Å². The molecule has 1 unspecified atom stereocenters. The van der Waals surface area contributed by atoms with Crippen LogP contribution in [0.2, 0.25) is 0 Å². The molecule has 3 heterocycles. The summed E-state index contributed by atoms with van der Waals surface area (Å²) in [5.41, 5.74) is 1.45. The second-order valence-corrected chi connectivity index (χ2v) is 6.64. The van der Waals surface area contributed by atoms with Crippen LogP contribution < -0.4 is 10.6 Å². The largest absolute Gasteiger partial charge is 0.366 e. The van der Waals surface area contributed by atoms with Crippen LogP contribution in [0, 0.1) is 17.2 Å². The molecule has 5 nitrogen and oxygen atoms in total. The smallest absolute Gasteiger partial charge is 0.141 e. The molecular formula is C18H23N5. The minimum absolute atomic E-state index is 0.425. The van der Waals surface area contributed by atoms with Crippen molar-refractivity contribution in [1.82, 2.24) is 15.3 Å². The molecule has 0 aromatic carbocycles. The summed E-state index contributed by atoms with van der Waals surface area (Å²) in [6.07, 6.45) is 5.06. The molecule has 1 aliphatic rings. The van der Waals surface area contributed by atoms with E-state index < -0.39 is 0 Å². The summed E-state index contributed by atoms with van der Waals surface area (Å²) in [4.78, 5) is 9.04. The average molecular weight is 309 g/mol. The zero-order valence-corrected chi connectivity index (χ0v) is 13.8. The summed E-state index contributed by atoms with van der Waals surface area (Å²) in [5, 5.41) is 18.2. The van der Waals surface area contributed by atoms with E-state index in [1.54, 1.807) is 0 Å². The van der Waals surface area contributed by atoms with Crippen molar-refractivity contribution in [2.75, 3.05) is 18.4 Å². The maximum Gasteiger partial charge on any atom is 0.141 e. The number of hydrogen-bond acceptors (Lipinski definition) is 5. The van der Waals surface area contributed by atoms with Crippen LogP contribution in [0.1, 0.15) is 38.1 Å². The van der Waals surface area contributed by atoms with Gasteiger partial charge in [0.1, 0.15) is 17.6 Å². The lowest BCUT2D eigenvalue weighted by Crippen LogP contribution is -2.38. The number of nitriles is 1. The van der Waals surface area contributed by atoms with E-state index in [2.05, 4.69) is 46.6 Å². The zero-order chi connectivity index (χ0) is 16.2. The van der Waals surface area contributed by atoms with Gasteiger partial charge in [-0.1, -0.05) is 13.8 Å². The van der Waals surface area contributed by atoms with Gasteiger partial charge in [-0.15, -0.1) is 0 Å². The molecule has 120 valence electrons. The Morgan fingerprint density at radius 2 is 2.30 bits per heavy atom. The number of fused-ring (bicyclic) bond motifs is 1. The third-order valence-electron chi connectivity index (χ3n) is 4.16. The van der Waals surface area contributed by atoms with Crippen molar-refractivity contribution in [3.05, 3.63) is 29.7 Å². The molecule has 2 aromatic rings. The Hall–Kier alpha value is -2.19. The monoisotopic (exact) mass is 309 g/mol. The van der Waals surface area contributed by atoms with Crippen molar-refractivity contribution in [3.8, 4) is 6.07 Å². The number of anilines is 1. The molecule has 0 amide bonds. The van der Waals surface area contributed by atoms with Crippen LogP contribution in [0.4, 0.5) is 5.82 Å². The summed E-state index contributed by atoms with van der Waals surface area (Å²) < 4.78 is 0. The fourth-order valence-corrected chi connectivity index (χ4v) is 3.08. The molecule has 1 atom stereocenters. The van der Waals surface area contributed by atoms with Gasteiger partial charge in [0, 0.05) is 29.6 Å². The fraction of sp³-hybridized carbons (Fsp3) is 0.500. The van der Waals surface area contributed by atoms with Gasteiger partial charge in [-0.05, 0) is 43.9 Å². The Kier molecular flexibility index (Phi) is 4.73. The lowest BCUT2D eigenvalue weighted by molar-refractivity contribution is 0.479. The number of nitrogens with zero attached hydrogens (tertiary/aromatic N) is 3. The van der Waals surface area contributed by atoms with Crippen LogP contribution in [0.25, 0.3) is 10.8 Å². The third kappa shape index (κ3) is 3.77. The van der Waals surface area contributed by atoms with Gasteiger partial charge in [0.2, 0.25) is 0 Å². The Balaban J connectivity index is 1.94. The quantitative estimate of drug-likeness (QED) is 0.908. The summed E-state index contributed by atoms with van der Waals surface area (Å²) in [7, 11) is 0. The standard InChI is InChI=1S/C18H23N5/c1-12(2)6-17-16-8-18(23-14-4-3-5-20-11-14)21-10-13(16)7-15(9-19)22-17/h7-8,10,12,14,20H,3-6,11H2,1-2H3,(H,21,23). The first kappa shape index (κ1) is 15.7. The maximum absolute atomic E-state index is 9.17. The van der Waals surface area contributed by atoms with E-state index in [1.165, 1.54) is 6.42 Å². The van der Waals surface area contributed by atoms with Crippen LogP contribution in [-0.4, -0.2) is 29.1 Å². The highest BCUT2D eigenvalue weighted by Crippen LogP contribution is 2.23. The topological polar surface area (TPSA) is 73.6 Å². The number of rotatable bonds is 4. The summed E-state index contributed by atoms with van der Waals surface area (Å²) in [5.74, 6) is 1.38. The normalized spacial score (nSPS) is 18.1. The Morgan fingerprint density at radius 1 is 1.43 bits per heavy atom. The van der Waals surface area contributed by atoms with E-state index in [9.17, 15) is 5.26 Å².